The van der Waals surface area contributed by atoms with E-state index in [2.05, 4.69) is 4.42 Å². The molecule has 1 heterocycles. The summed E-state index contributed by atoms with van der Waals surface area (Å²) in [4.78, 5) is 9.93. The van der Waals surface area contributed by atoms with Crippen LogP contribution in [0, 0.1) is 0 Å². The fourth-order valence-electron chi connectivity index (χ4n) is 0.722. The number of aldehydes is 1. The Morgan fingerprint density at radius 2 is 2.25 bits per heavy atom. The molecular formula is C6H6O5S. The van der Waals surface area contributed by atoms with Gasteiger partial charge in [-0.05, 0) is 6.07 Å². The molecule has 0 amide bonds. The van der Waals surface area contributed by atoms with Crippen molar-refractivity contribution in [1.29, 1.82) is 0 Å². The lowest BCUT2D eigenvalue weighted by Gasteiger charge is -1.94. The van der Waals surface area contributed by atoms with E-state index in [0.29, 0.717) is 0 Å². The van der Waals surface area contributed by atoms with E-state index in [0.717, 1.165) is 12.3 Å². The van der Waals surface area contributed by atoms with Gasteiger partial charge >= 0.3 is 0 Å². The van der Waals surface area contributed by atoms with Crippen LogP contribution in [0.15, 0.2) is 21.6 Å². The van der Waals surface area contributed by atoms with Crippen molar-refractivity contribution in [2.24, 2.45) is 0 Å². The number of carbonyl (C=O) groups excluding carboxylic acids is 1. The van der Waals surface area contributed by atoms with Crippen molar-refractivity contribution in [1.82, 2.24) is 0 Å². The van der Waals surface area contributed by atoms with Crippen LogP contribution in [-0.4, -0.2) is 25.7 Å². The molecule has 0 fully saturated rings. The van der Waals surface area contributed by atoms with Crippen LogP contribution in [0.2, 0.25) is 0 Å². The first-order valence-electron chi connectivity index (χ1n) is 2.98. The molecule has 1 rings (SSSR count). The molecule has 0 atom stereocenters. The fraction of sp³-hybridized carbons (Fsp3) is 0.167. The normalized spacial score (nSPS) is 11.4. The second-order valence-electron chi connectivity index (χ2n) is 2.01. The Hall–Kier alpha value is -1.14. The third kappa shape index (κ3) is 1.39. The largest absolute Gasteiger partial charge is 0.460 e. The number of carbonyl (C=O) groups is 1. The molecule has 1 aromatic rings. The van der Waals surface area contributed by atoms with Crippen LogP contribution in [-0.2, 0) is 9.84 Å². The van der Waals surface area contributed by atoms with Gasteiger partial charge in [-0.25, -0.2) is 8.42 Å². The first-order chi connectivity index (χ1) is 5.61. The first-order valence-corrected chi connectivity index (χ1v) is 4.63. The van der Waals surface area contributed by atoms with Gasteiger partial charge in [0.15, 0.2) is 12.0 Å². The zero-order chi connectivity index (χ0) is 9.19. The van der Waals surface area contributed by atoms with Crippen molar-refractivity contribution in [2.45, 2.75) is 4.90 Å². The molecule has 0 bridgehead atoms. The summed E-state index contributed by atoms with van der Waals surface area (Å²) in [6.07, 6.45) is 1.36. The summed E-state index contributed by atoms with van der Waals surface area (Å²) in [6.45, 7) is 0. The topological polar surface area (TPSA) is 84.6 Å². The first kappa shape index (κ1) is 8.95. The van der Waals surface area contributed by atoms with Crippen LogP contribution in [0.4, 0.5) is 0 Å². The monoisotopic (exact) mass is 190 g/mol. The van der Waals surface area contributed by atoms with E-state index in [1.807, 2.05) is 0 Å². The summed E-state index contributed by atoms with van der Waals surface area (Å²) in [7, 11) is -3.77. The number of hydrogen-bond acceptors (Lipinski definition) is 5. The highest BCUT2D eigenvalue weighted by Crippen LogP contribution is 2.15. The molecule has 0 saturated carbocycles. The summed E-state index contributed by atoms with van der Waals surface area (Å²) >= 11 is 0. The van der Waals surface area contributed by atoms with Crippen molar-refractivity contribution >= 4 is 16.1 Å². The summed E-state index contributed by atoms with van der Waals surface area (Å²) in [6, 6.07) is 1.12. The maximum atomic E-state index is 11.0. The third-order valence-corrected chi connectivity index (χ3v) is 2.62. The smallest absolute Gasteiger partial charge is 0.205 e. The van der Waals surface area contributed by atoms with Crippen LogP contribution in [0.3, 0.4) is 0 Å². The summed E-state index contributed by atoms with van der Waals surface area (Å²) < 4.78 is 26.5. The van der Waals surface area contributed by atoms with E-state index in [-0.39, 0.29) is 16.9 Å². The molecule has 5 nitrogen and oxygen atoms in total. The van der Waals surface area contributed by atoms with Crippen LogP contribution < -0.4 is 0 Å². The summed E-state index contributed by atoms with van der Waals surface area (Å²) in [5.74, 6) is -1.32. The lowest BCUT2D eigenvalue weighted by Crippen LogP contribution is -2.06. The molecule has 0 spiro atoms. The van der Waals surface area contributed by atoms with E-state index < -0.39 is 15.8 Å². The maximum Gasteiger partial charge on any atom is 0.205 e. The SMILES string of the molecule is O=Cc1occc1S(=O)(=O)CO. The number of hydrogen-bond donors (Lipinski definition) is 1. The van der Waals surface area contributed by atoms with Gasteiger partial charge in [0.25, 0.3) is 0 Å². The predicted molar refractivity (Wildman–Crippen MR) is 38.4 cm³/mol. The van der Waals surface area contributed by atoms with E-state index in [4.69, 9.17) is 5.11 Å². The number of rotatable bonds is 3. The molecule has 6 heteroatoms. The Morgan fingerprint density at radius 1 is 1.58 bits per heavy atom. The average Bonchev–Trinajstić information content (AvgIpc) is 2.52. The molecule has 0 aliphatic rings. The highest BCUT2D eigenvalue weighted by molar-refractivity contribution is 7.91. The van der Waals surface area contributed by atoms with Gasteiger partial charge in [0.05, 0.1) is 6.26 Å². The molecule has 1 N–H and O–H groups in total. The van der Waals surface area contributed by atoms with Crippen LogP contribution in [0.5, 0.6) is 0 Å². The standard InChI is InChI=1S/C6H6O5S/c7-3-5-6(1-2-11-5)12(9,10)4-8/h1-3,8H,4H2. The minimum absolute atomic E-state index is 0.278. The van der Waals surface area contributed by atoms with Gasteiger partial charge in [-0.1, -0.05) is 0 Å². The van der Waals surface area contributed by atoms with Crippen molar-refractivity contribution < 1.29 is 22.7 Å². The van der Waals surface area contributed by atoms with Gasteiger partial charge in [0.1, 0.15) is 10.8 Å². The Balaban J connectivity index is 3.28. The molecule has 0 unspecified atom stereocenters. The molecule has 66 valence electrons. The van der Waals surface area contributed by atoms with E-state index in [1.165, 1.54) is 0 Å². The van der Waals surface area contributed by atoms with Crippen LogP contribution >= 0.6 is 0 Å². The van der Waals surface area contributed by atoms with Gasteiger partial charge in [0.2, 0.25) is 9.84 Å². The van der Waals surface area contributed by atoms with Gasteiger partial charge in [-0.15, -0.1) is 0 Å². The zero-order valence-corrected chi connectivity index (χ0v) is 6.74. The number of aliphatic hydroxyl groups is 1. The average molecular weight is 190 g/mol. The minimum Gasteiger partial charge on any atom is -0.460 e. The maximum absolute atomic E-state index is 11.0. The van der Waals surface area contributed by atoms with Gasteiger partial charge in [-0.3, -0.25) is 4.79 Å². The van der Waals surface area contributed by atoms with Crippen molar-refractivity contribution in [2.75, 3.05) is 5.94 Å². The quantitative estimate of drug-likeness (QED) is 0.668. The van der Waals surface area contributed by atoms with Crippen LogP contribution in [0.1, 0.15) is 10.6 Å². The lowest BCUT2D eigenvalue weighted by atomic mass is 10.5. The number of aliphatic hydroxyl groups excluding tert-OH is 1. The summed E-state index contributed by atoms with van der Waals surface area (Å²) in [5, 5.41) is 8.44. The minimum atomic E-state index is -3.77. The van der Waals surface area contributed by atoms with E-state index >= 15 is 0 Å². The predicted octanol–water partition coefficient (Wildman–Crippen LogP) is -0.184. The molecule has 0 aliphatic heterocycles. The molecule has 0 aliphatic carbocycles. The Morgan fingerprint density at radius 3 is 2.75 bits per heavy atom. The highest BCUT2D eigenvalue weighted by Gasteiger charge is 2.19. The third-order valence-electron chi connectivity index (χ3n) is 1.27. The van der Waals surface area contributed by atoms with Crippen molar-refractivity contribution in [3.63, 3.8) is 0 Å². The van der Waals surface area contributed by atoms with E-state index in [9.17, 15) is 13.2 Å². The van der Waals surface area contributed by atoms with Crippen LogP contribution in [0.25, 0.3) is 0 Å². The lowest BCUT2D eigenvalue weighted by molar-refractivity contribution is 0.109. The molecule has 1 aromatic heterocycles. The molecule has 0 aromatic carbocycles. The zero-order valence-electron chi connectivity index (χ0n) is 5.93. The molecular weight excluding hydrogens is 184 g/mol. The molecule has 0 saturated heterocycles. The van der Waals surface area contributed by atoms with Crippen molar-refractivity contribution in [3.05, 3.63) is 18.1 Å². The second kappa shape index (κ2) is 3.08. The molecule has 12 heavy (non-hydrogen) atoms. The fourth-order valence-corrected chi connectivity index (χ4v) is 1.53. The second-order valence-corrected chi connectivity index (χ2v) is 3.94. The summed E-state index contributed by atoms with van der Waals surface area (Å²) in [5.41, 5.74) is 0. The molecule has 0 radical (unpaired) electrons. The van der Waals surface area contributed by atoms with Gasteiger partial charge in [0, 0.05) is 0 Å². The Kier molecular flexibility index (Phi) is 2.30. The number of furan rings is 1. The van der Waals surface area contributed by atoms with Crippen molar-refractivity contribution in [3.8, 4) is 0 Å². The van der Waals surface area contributed by atoms with Gasteiger partial charge < -0.3 is 9.52 Å². The highest BCUT2D eigenvalue weighted by atomic mass is 32.2. The Bertz CT molecular complexity index is 374. The van der Waals surface area contributed by atoms with E-state index in [1.54, 1.807) is 0 Å². The number of sulfone groups is 1. The van der Waals surface area contributed by atoms with Gasteiger partial charge in [-0.2, -0.15) is 0 Å². The Labute approximate surface area is 68.5 Å².